The van der Waals surface area contributed by atoms with Crippen LogP contribution in [-0.2, 0) is 6.54 Å². The number of nitrogens with zero attached hydrogens (tertiary/aromatic N) is 1. The predicted molar refractivity (Wildman–Crippen MR) is 85.2 cm³/mol. The van der Waals surface area contributed by atoms with Crippen LogP contribution in [-0.4, -0.2) is 17.4 Å². The van der Waals surface area contributed by atoms with Gasteiger partial charge in [-0.15, -0.1) is 0 Å². The third-order valence-corrected chi connectivity index (χ3v) is 3.23. The van der Waals surface area contributed by atoms with Gasteiger partial charge in [0.15, 0.2) is 0 Å². The zero-order valence-corrected chi connectivity index (χ0v) is 12.6. The quantitative estimate of drug-likeness (QED) is 0.771. The number of carbonyl (C=O) groups excluding carboxylic acids is 1. The molecule has 0 fully saturated rings. The maximum Gasteiger partial charge on any atom is 0.252 e. The molecule has 1 aromatic carbocycles. The van der Waals surface area contributed by atoms with E-state index in [1.165, 1.54) is 12.1 Å². The number of anilines is 1. The van der Waals surface area contributed by atoms with E-state index in [2.05, 4.69) is 22.5 Å². The SMILES string of the molecule is CCCCNC(=O)c1ccc(NCc2ccc(F)cc2)nc1. The van der Waals surface area contributed by atoms with Crippen molar-refractivity contribution in [1.29, 1.82) is 0 Å². The number of amides is 1. The smallest absolute Gasteiger partial charge is 0.252 e. The molecule has 0 radical (unpaired) electrons. The van der Waals surface area contributed by atoms with Gasteiger partial charge in [0.25, 0.3) is 5.91 Å². The van der Waals surface area contributed by atoms with Crippen LogP contribution in [0.3, 0.4) is 0 Å². The summed E-state index contributed by atoms with van der Waals surface area (Å²) in [5.41, 5.74) is 1.51. The van der Waals surface area contributed by atoms with Crippen LogP contribution in [0.1, 0.15) is 35.7 Å². The standard InChI is InChI=1S/C17H20FN3O/c1-2-3-10-19-17(22)14-6-9-16(21-12-14)20-11-13-4-7-15(18)8-5-13/h4-9,12H,2-3,10-11H2,1H3,(H,19,22)(H,20,21). The average molecular weight is 301 g/mol. The Hall–Kier alpha value is -2.43. The third kappa shape index (κ3) is 4.84. The van der Waals surface area contributed by atoms with Gasteiger partial charge in [-0.25, -0.2) is 9.37 Å². The number of pyridine rings is 1. The minimum absolute atomic E-state index is 0.106. The second-order valence-corrected chi connectivity index (χ2v) is 5.02. The first-order chi connectivity index (χ1) is 10.7. The summed E-state index contributed by atoms with van der Waals surface area (Å²) in [6.07, 6.45) is 3.57. The summed E-state index contributed by atoms with van der Waals surface area (Å²) in [4.78, 5) is 16.0. The van der Waals surface area contributed by atoms with Crippen molar-refractivity contribution >= 4 is 11.7 Å². The Balaban J connectivity index is 1.86. The molecule has 0 saturated carbocycles. The summed E-state index contributed by atoms with van der Waals surface area (Å²) >= 11 is 0. The van der Waals surface area contributed by atoms with Crippen molar-refractivity contribution in [3.8, 4) is 0 Å². The minimum atomic E-state index is -0.250. The van der Waals surface area contributed by atoms with E-state index in [0.29, 0.717) is 24.5 Å². The number of hydrogen-bond donors (Lipinski definition) is 2. The fourth-order valence-electron chi connectivity index (χ4n) is 1.91. The van der Waals surface area contributed by atoms with Crippen molar-refractivity contribution in [2.45, 2.75) is 26.3 Å². The molecule has 0 unspecified atom stereocenters. The van der Waals surface area contributed by atoms with E-state index < -0.39 is 0 Å². The molecule has 1 heterocycles. The molecule has 0 aliphatic heterocycles. The maximum absolute atomic E-state index is 12.8. The Morgan fingerprint density at radius 3 is 2.59 bits per heavy atom. The lowest BCUT2D eigenvalue weighted by atomic mass is 10.2. The molecule has 2 rings (SSSR count). The first-order valence-electron chi connectivity index (χ1n) is 7.41. The van der Waals surface area contributed by atoms with E-state index in [4.69, 9.17) is 0 Å². The van der Waals surface area contributed by atoms with Crippen molar-refractivity contribution in [2.75, 3.05) is 11.9 Å². The molecule has 0 aliphatic carbocycles. The Labute approximate surface area is 129 Å². The molecule has 0 atom stereocenters. The first-order valence-corrected chi connectivity index (χ1v) is 7.41. The average Bonchev–Trinajstić information content (AvgIpc) is 2.55. The second-order valence-electron chi connectivity index (χ2n) is 5.02. The topological polar surface area (TPSA) is 54.0 Å². The summed E-state index contributed by atoms with van der Waals surface area (Å²) in [7, 11) is 0. The van der Waals surface area contributed by atoms with Crippen LogP contribution >= 0.6 is 0 Å². The van der Waals surface area contributed by atoms with Crippen LogP contribution < -0.4 is 10.6 Å². The molecule has 0 saturated heterocycles. The molecule has 0 bridgehead atoms. The normalized spacial score (nSPS) is 10.3. The van der Waals surface area contributed by atoms with Crippen molar-refractivity contribution in [2.24, 2.45) is 0 Å². The molecule has 1 aromatic heterocycles. The summed E-state index contributed by atoms with van der Waals surface area (Å²) < 4.78 is 12.8. The number of carbonyl (C=O) groups is 1. The Kier molecular flexibility index (Phi) is 5.89. The number of rotatable bonds is 7. The van der Waals surface area contributed by atoms with Crippen LogP contribution in [0.2, 0.25) is 0 Å². The van der Waals surface area contributed by atoms with Crippen molar-refractivity contribution < 1.29 is 9.18 Å². The van der Waals surface area contributed by atoms with E-state index in [1.807, 2.05) is 0 Å². The molecule has 2 aromatic rings. The van der Waals surface area contributed by atoms with Crippen molar-refractivity contribution in [3.05, 3.63) is 59.5 Å². The van der Waals surface area contributed by atoms with Gasteiger partial charge in [-0.2, -0.15) is 0 Å². The predicted octanol–water partition coefficient (Wildman–Crippen LogP) is 3.36. The Bertz CT molecular complexity index is 596. The molecular weight excluding hydrogens is 281 g/mol. The van der Waals surface area contributed by atoms with E-state index in [-0.39, 0.29) is 11.7 Å². The molecule has 5 heteroatoms. The second kappa shape index (κ2) is 8.12. The number of aromatic nitrogens is 1. The van der Waals surface area contributed by atoms with Crippen LogP contribution in [0.5, 0.6) is 0 Å². The number of unbranched alkanes of at least 4 members (excludes halogenated alkanes) is 1. The number of halogens is 1. The van der Waals surface area contributed by atoms with Gasteiger partial charge < -0.3 is 10.6 Å². The molecule has 1 amide bonds. The van der Waals surface area contributed by atoms with Crippen LogP contribution in [0.4, 0.5) is 10.2 Å². The van der Waals surface area contributed by atoms with Crippen LogP contribution in [0.25, 0.3) is 0 Å². The van der Waals surface area contributed by atoms with Gasteiger partial charge in [0.2, 0.25) is 0 Å². The van der Waals surface area contributed by atoms with E-state index >= 15 is 0 Å². The highest BCUT2D eigenvalue weighted by Gasteiger charge is 2.05. The highest BCUT2D eigenvalue weighted by Crippen LogP contribution is 2.08. The van der Waals surface area contributed by atoms with Gasteiger partial charge in [0.05, 0.1) is 5.56 Å². The lowest BCUT2D eigenvalue weighted by molar-refractivity contribution is 0.0953. The number of nitrogens with one attached hydrogen (secondary N) is 2. The zero-order chi connectivity index (χ0) is 15.8. The Morgan fingerprint density at radius 1 is 1.18 bits per heavy atom. The lowest BCUT2D eigenvalue weighted by Crippen LogP contribution is -2.24. The fraction of sp³-hybridized carbons (Fsp3) is 0.294. The van der Waals surface area contributed by atoms with Gasteiger partial charge in [0.1, 0.15) is 11.6 Å². The highest BCUT2D eigenvalue weighted by atomic mass is 19.1. The third-order valence-electron chi connectivity index (χ3n) is 3.23. The zero-order valence-electron chi connectivity index (χ0n) is 12.6. The molecule has 0 aliphatic rings. The molecule has 4 nitrogen and oxygen atoms in total. The van der Waals surface area contributed by atoms with Crippen molar-refractivity contribution in [1.82, 2.24) is 10.3 Å². The fourth-order valence-corrected chi connectivity index (χ4v) is 1.91. The van der Waals surface area contributed by atoms with Gasteiger partial charge in [-0.3, -0.25) is 4.79 Å². The molecule has 2 N–H and O–H groups in total. The first kappa shape index (κ1) is 15.9. The largest absolute Gasteiger partial charge is 0.366 e. The number of hydrogen-bond acceptors (Lipinski definition) is 3. The monoisotopic (exact) mass is 301 g/mol. The van der Waals surface area contributed by atoms with Crippen LogP contribution in [0, 0.1) is 5.82 Å². The van der Waals surface area contributed by atoms with E-state index in [1.54, 1.807) is 30.5 Å². The summed E-state index contributed by atoms with van der Waals surface area (Å²) in [6, 6.07) is 9.79. The Morgan fingerprint density at radius 2 is 1.95 bits per heavy atom. The molecule has 0 spiro atoms. The molecular formula is C17H20FN3O. The van der Waals surface area contributed by atoms with Crippen LogP contribution in [0.15, 0.2) is 42.6 Å². The maximum atomic E-state index is 12.8. The number of benzene rings is 1. The van der Waals surface area contributed by atoms with E-state index in [0.717, 1.165) is 18.4 Å². The molecule has 22 heavy (non-hydrogen) atoms. The van der Waals surface area contributed by atoms with Crippen molar-refractivity contribution in [3.63, 3.8) is 0 Å². The van der Waals surface area contributed by atoms with Gasteiger partial charge in [-0.05, 0) is 36.2 Å². The van der Waals surface area contributed by atoms with Gasteiger partial charge in [-0.1, -0.05) is 25.5 Å². The minimum Gasteiger partial charge on any atom is -0.366 e. The lowest BCUT2D eigenvalue weighted by Gasteiger charge is -2.07. The van der Waals surface area contributed by atoms with E-state index in [9.17, 15) is 9.18 Å². The summed E-state index contributed by atoms with van der Waals surface area (Å²) in [5, 5.41) is 5.98. The summed E-state index contributed by atoms with van der Waals surface area (Å²) in [5.74, 6) is 0.320. The van der Waals surface area contributed by atoms with Gasteiger partial charge >= 0.3 is 0 Å². The van der Waals surface area contributed by atoms with Gasteiger partial charge in [0, 0.05) is 19.3 Å². The summed E-state index contributed by atoms with van der Waals surface area (Å²) in [6.45, 7) is 3.31. The molecule has 116 valence electrons. The highest BCUT2D eigenvalue weighted by molar-refractivity contribution is 5.94.